The fourth-order valence-electron chi connectivity index (χ4n) is 2.85. The normalized spacial score (nSPS) is 25.2. The number of hydrogen-bond acceptors (Lipinski definition) is 3. The van der Waals surface area contributed by atoms with Crippen LogP contribution in [0.15, 0.2) is 24.3 Å². The third-order valence-electron chi connectivity index (χ3n) is 3.88. The molecule has 0 saturated carbocycles. The summed E-state index contributed by atoms with van der Waals surface area (Å²) in [5, 5.41) is 9.13. The Morgan fingerprint density at radius 1 is 1.20 bits per heavy atom. The maximum atomic E-state index is 12.4. The van der Waals surface area contributed by atoms with Gasteiger partial charge in [-0.05, 0) is 31.9 Å². The third kappa shape index (κ3) is 1.68. The summed E-state index contributed by atoms with van der Waals surface area (Å²) in [6, 6.07) is 4.96. The second-order valence-electron chi connectivity index (χ2n) is 5.15. The Balaban J connectivity index is 1.96. The first-order chi connectivity index (χ1) is 9.50. The molecule has 2 heterocycles. The van der Waals surface area contributed by atoms with E-state index in [9.17, 15) is 14.4 Å². The Hall–Kier alpha value is -2.37. The van der Waals surface area contributed by atoms with Gasteiger partial charge >= 0.3 is 12.0 Å². The smallest absolute Gasteiger partial charge is 0.332 e. The van der Waals surface area contributed by atoms with Gasteiger partial charge < -0.3 is 5.11 Å². The molecule has 0 aliphatic carbocycles. The molecule has 3 rings (SSSR count). The van der Waals surface area contributed by atoms with Crippen molar-refractivity contribution in [3.63, 3.8) is 0 Å². The summed E-state index contributed by atoms with van der Waals surface area (Å²) in [6.45, 7) is 1.91. The van der Waals surface area contributed by atoms with Crippen molar-refractivity contribution < 1.29 is 19.5 Å². The van der Waals surface area contributed by atoms with Gasteiger partial charge in [-0.25, -0.2) is 14.5 Å². The molecule has 6 nitrogen and oxygen atoms in total. The van der Waals surface area contributed by atoms with Gasteiger partial charge in [0.1, 0.15) is 12.1 Å². The monoisotopic (exact) mass is 274 g/mol. The average Bonchev–Trinajstić information content (AvgIpc) is 2.94. The van der Waals surface area contributed by atoms with Crippen LogP contribution in [0.1, 0.15) is 18.4 Å². The SMILES string of the molecule is Cc1ccc(N2C(=O)C3CCC(C(=O)O)N3C2=O)cc1. The molecule has 1 N–H and O–H groups in total. The molecular weight excluding hydrogens is 260 g/mol. The number of urea groups is 1. The minimum atomic E-state index is -1.06. The Bertz CT molecular complexity index is 596. The van der Waals surface area contributed by atoms with Crippen molar-refractivity contribution in [1.29, 1.82) is 0 Å². The number of anilines is 1. The zero-order chi connectivity index (χ0) is 14.4. The fourth-order valence-corrected chi connectivity index (χ4v) is 2.85. The summed E-state index contributed by atoms with van der Waals surface area (Å²) in [4.78, 5) is 38.1. The highest BCUT2D eigenvalue weighted by Crippen LogP contribution is 2.35. The Morgan fingerprint density at radius 2 is 1.85 bits per heavy atom. The topological polar surface area (TPSA) is 77.9 Å². The maximum absolute atomic E-state index is 12.4. The summed E-state index contributed by atoms with van der Waals surface area (Å²) < 4.78 is 0. The second kappa shape index (κ2) is 4.33. The number of carboxylic acid groups (broad SMARTS) is 1. The molecule has 6 heteroatoms. The van der Waals surface area contributed by atoms with Gasteiger partial charge in [-0.15, -0.1) is 0 Å². The number of rotatable bonds is 2. The molecule has 2 atom stereocenters. The van der Waals surface area contributed by atoms with E-state index in [4.69, 9.17) is 5.11 Å². The molecule has 0 radical (unpaired) electrons. The lowest BCUT2D eigenvalue weighted by Gasteiger charge is -2.20. The molecule has 20 heavy (non-hydrogen) atoms. The molecule has 104 valence electrons. The van der Waals surface area contributed by atoms with E-state index in [1.54, 1.807) is 12.1 Å². The van der Waals surface area contributed by atoms with Crippen LogP contribution in [0.2, 0.25) is 0 Å². The number of amides is 3. The van der Waals surface area contributed by atoms with Crippen LogP contribution in [0, 0.1) is 6.92 Å². The highest BCUT2D eigenvalue weighted by molar-refractivity contribution is 6.22. The van der Waals surface area contributed by atoms with Crippen LogP contribution in [0.25, 0.3) is 0 Å². The molecule has 0 aromatic heterocycles. The van der Waals surface area contributed by atoms with E-state index in [0.29, 0.717) is 18.5 Å². The average molecular weight is 274 g/mol. The van der Waals surface area contributed by atoms with Gasteiger partial charge in [-0.2, -0.15) is 0 Å². The van der Waals surface area contributed by atoms with Crippen LogP contribution in [-0.4, -0.2) is 40.0 Å². The van der Waals surface area contributed by atoms with Gasteiger partial charge in [0.15, 0.2) is 0 Å². The van der Waals surface area contributed by atoms with Crippen LogP contribution in [0.3, 0.4) is 0 Å². The van der Waals surface area contributed by atoms with Crippen LogP contribution in [0.4, 0.5) is 10.5 Å². The van der Waals surface area contributed by atoms with E-state index >= 15 is 0 Å². The van der Waals surface area contributed by atoms with Gasteiger partial charge in [0.05, 0.1) is 5.69 Å². The molecule has 1 aromatic rings. The standard InChI is InChI=1S/C14H14N2O4/c1-8-2-4-9(5-3-8)15-12(17)10-6-7-11(13(18)19)16(10)14(15)20/h2-5,10-11H,6-7H2,1H3,(H,18,19). The molecule has 2 unspecified atom stereocenters. The predicted octanol–water partition coefficient (Wildman–Crippen LogP) is 1.38. The highest BCUT2D eigenvalue weighted by atomic mass is 16.4. The first-order valence-corrected chi connectivity index (χ1v) is 6.46. The van der Waals surface area contributed by atoms with Crippen molar-refractivity contribution in [3.05, 3.63) is 29.8 Å². The summed E-state index contributed by atoms with van der Waals surface area (Å²) in [5.41, 5.74) is 1.51. The van der Waals surface area contributed by atoms with Gasteiger partial charge in [0, 0.05) is 0 Å². The van der Waals surface area contributed by atoms with Gasteiger partial charge in [0.25, 0.3) is 5.91 Å². The number of carbonyl (C=O) groups is 3. The number of benzene rings is 1. The first-order valence-electron chi connectivity index (χ1n) is 6.46. The molecule has 2 fully saturated rings. The number of imide groups is 1. The first kappa shape index (κ1) is 12.7. The molecule has 2 aliphatic heterocycles. The van der Waals surface area contributed by atoms with E-state index in [2.05, 4.69) is 0 Å². The lowest BCUT2D eigenvalue weighted by molar-refractivity contribution is -0.141. The number of hydrogen-bond donors (Lipinski definition) is 1. The molecule has 3 amide bonds. The van der Waals surface area contributed by atoms with E-state index in [0.717, 1.165) is 10.5 Å². The Labute approximate surface area is 115 Å². The molecule has 2 saturated heterocycles. The zero-order valence-corrected chi connectivity index (χ0v) is 10.9. The van der Waals surface area contributed by atoms with E-state index in [1.165, 1.54) is 4.90 Å². The van der Waals surface area contributed by atoms with Crippen LogP contribution in [0.5, 0.6) is 0 Å². The summed E-state index contributed by atoms with van der Waals surface area (Å²) in [6.07, 6.45) is 0.739. The van der Waals surface area contributed by atoms with E-state index in [-0.39, 0.29) is 5.91 Å². The number of carboxylic acids is 1. The number of aliphatic carboxylic acids is 1. The highest BCUT2D eigenvalue weighted by Gasteiger charge is 2.54. The number of aryl methyl sites for hydroxylation is 1. The second-order valence-corrected chi connectivity index (χ2v) is 5.15. The lowest BCUT2D eigenvalue weighted by atomic mass is 10.1. The largest absolute Gasteiger partial charge is 0.480 e. The summed E-state index contributed by atoms with van der Waals surface area (Å²) in [5.74, 6) is -1.39. The summed E-state index contributed by atoms with van der Waals surface area (Å²) >= 11 is 0. The van der Waals surface area contributed by atoms with E-state index < -0.39 is 24.1 Å². The van der Waals surface area contributed by atoms with E-state index in [1.807, 2.05) is 19.1 Å². The minimum Gasteiger partial charge on any atom is -0.480 e. The Morgan fingerprint density at radius 3 is 2.45 bits per heavy atom. The van der Waals surface area contributed by atoms with Gasteiger partial charge in [0.2, 0.25) is 0 Å². The maximum Gasteiger partial charge on any atom is 0.332 e. The quantitative estimate of drug-likeness (QED) is 0.826. The molecule has 2 aliphatic rings. The Kier molecular flexibility index (Phi) is 2.74. The minimum absolute atomic E-state index is 0.331. The predicted molar refractivity (Wildman–Crippen MR) is 70.3 cm³/mol. The molecule has 0 bridgehead atoms. The van der Waals surface area contributed by atoms with Gasteiger partial charge in [-0.3, -0.25) is 9.69 Å². The zero-order valence-electron chi connectivity index (χ0n) is 10.9. The number of carbonyl (C=O) groups excluding carboxylic acids is 2. The van der Waals surface area contributed by atoms with Crippen molar-refractivity contribution in [3.8, 4) is 0 Å². The van der Waals surface area contributed by atoms with Crippen molar-refractivity contribution >= 4 is 23.6 Å². The van der Waals surface area contributed by atoms with Crippen LogP contribution in [-0.2, 0) is 9.59 Å². The van der Waals surface area contributed by atoms with Gasteiger partial charge in [-0.1, -0.05) is 17.7 Å². The molecule has 0 spiro atoms. The molecular formula is C14H14N2O4. The number of fused-ring (bicyclic) bond motifs is 1. The van der Waals surface area contributed by atoms with Crippen LogP contribution < -0.4 is 4.90 Å². The van der Waals surface area contributed by atoms with Crippen molar-refractivity contribution in [2.45, 2.75) is 31.8 Å². The number of nitrogens with zero attached hydrogens (tertiary/aromatic N) is 2. The van der Waals surface area contributed by atoms with Crippen molar-refractivity contribution in [2.75, 3.05) is 4.90 Å². The lowest BCUT2D eigenvalue weighted by Crippen LogP contribution is -2.42. The van der Waals surface area contributed by atoms with Crippen molar-refractivity contribution in [2.24, 2.45) is 0 Å². The molecule has 1 aromatic carbocycles. The third-order valence-corrected chi connectivity index (χ3v) is 3.88. The summed E-state index contributed by atoms with van der Waals surface area (Å²) in [7, 11) is 0. The fraction of sp³-hybridized carbons (Fsp3) is 0.357. The van der Waals surface area contributed by atoms with Crippen molar-refractivity contribution in [1.82, 2.24) is 4.90 Å². The van der Waals surface area contributed by atoms with Crippen LogP contribution >= 0.6 is 0 Å².